The van der Waals surface area contributed by atoms with Crippen LogP contribution in [0.15, 0.2) is 12.3 Å². The number of hydrogen-bond donors (Lipinski definition) is 1. The molecule has 1 aromatic rings. The monoisotopic (exact) mass is 197 g/mol. The van der Waals surface area contributed by atoms with Crippen molar-refractivity contribution in [3.05, 3.63) is 18.0 Å². The van der Waals surface area contributed by atoms with Gasteiger partial charge in [-0.3, -0.25) is 9.48 Å². The Bertz CT molecular complexity index is 309. The van der Waals surface area contributed by atoms with Gasteiger partial charge in [-0.25, -0.2) is 0 Å². The van der Waals surface area contributed by atoms with Crippen LogP contribution in [0.3, 0.4) is 0 Å². The number of carbonyl (C=O) groups is 1. The summed E-state index contributed by atoms with van der Waals surface area (Å²) in [4.78, 5) is 11.5. The van der Waals surface area contributed by atoms with E-state index in [0.29, 0.717) is 0 Å². The molecule has 1 aromatic heterocycles. The van der Waals surface area contributed by atoms with Gasteiger partial charge in [0, 0.05) is 20.4 Å². The molecule has 0 aromatic carbocycles. The molecule has 2 N–H and O–H groups in total. The lowest BCUT2D eigenvalue weighted by molar-refractivity contribution is -0.120. The van der Waals surface area contributed by atoms with Crippen molar-refractivity contribution in [2.24, 2.45) is 12.8 Å². The van der Waals surface area contributed by atoms with Crippen molar-refractivity contribution in [2.75, 3.05) is 13.7 Å². The summed E-state index contributed by atoms with van der Waals surface area (Å²) in [7, 11) is 3.33. The molecule has 0 spiro atoms. The molecule has 1 atom stereocenters. The Balaban J connectivity index is 2.48. The summed E-state index contributed by atoms with van der Waals surface area (Å²) >= 11 is 0. The van der Waals surface area contributed by atoms with Crippen LogP contribution in [0.1, 0.15) is 5.69 Å². The van der Waals surface area contributed by atoms with E-state index in [1.807, 2.05) is 7.05 Å². The number of hydrogen-bond acceptors (Lipinski definition) is 4. The van der Waals surface area contributed by atoms with Crippen LogP contribution in [-0.2, 0) is 23.0 Å². The van der Waals surface area contributed by atoms with Crippen molar-refractivity contribution in [2.45, 2.75) is 12.5 Å². The van der Waals surface area contributed by atoms with Crippen LogP contribution < -0.4 is 5.73 Å². The van der Waals surface area contributed by atoms with Crippen LogP contribution in [0.5, 0.6) is 0 Å². The zero-order valence-electron chi connectivity index (χ0n) is 8.43. The summed E-state index contributed by atoms with van der Waals surface area (Å²) in [5.41, 5.74) is 6.31. The number of nitrogens with zero attached hydrogens (tertiary/aromatic N) is 2. The average molecular weight is 197 g/mol. The van der Waals surface area contributed by atoms with Crippen LogP contribution in [-0.4, -0.2) is 35.3 Å². The number of nitrogens with two attached hydrogens (primary N) is 1. The fourth-order valence-electron chi connectivity index (χ4n) is 1.14. The number of aromatic nitrogens is 2. The van der Waals surface area contributed by atoms with Gasteiger partial charge < -0.3 is 10.5 Å². The van der Waals surface area contributed by atoms with Crippen molar-refractivity contribution in [1.29, 1.82) is 0 Å². The molecule has 0 radical (unpaired) electrons. The van der Waals surface area contributed by atoms with E-state index in [-0.39, 0.29) is 18.8 Å². The maximum atomic E-state index is 11.5. The first-order chi connectivity index (χ1) is 6.63. The molecular formula is C9H15N3O2. The standard InChI is InChI=1S/C9H15N3O2/c1-12-4-3-7(11-12)5-9(13)8(10)6-14-2/h3-4,8H,5-6,10H2,1-2H3. The van der Waals surface area contributed by atoms with Gasteiger partial charge in [0.2, 0.25) is 0 Å². The lowest BCUT2D eigenvalue weighted by Crippen LogP contribution is -2.36. The molecule has 0 aliphatic rings. The summed E-state index contributed by atoms with van der Waals surface area (Å²) in [6.45, 7) is 0.256. The number of ketones is 1. The van der Waals surface area contributed by atoms with Gasteiger partial charge in [-0.1, -0.05) is 0 Å². The molecule has 0 fully saturated rings. The highest BCUT2D eigenvalue weighted by atomic mass is 16.5. The van der Waals surface area contributed by atoms with E-state index in [4.69, 9.17) is 10.5 Å². The Labute approximate surface area is 82.8 Å². The Hall–Kier alpha value is -1.20. The highest BCUT2D eigenvalue weighted by Gasteiger charge is 2.14. The minimum atomic E-state index is -0.554. The van der Waals surface area contributed by atoms with E-state index in [0.717, 1.165) is 5.69 Å². The van der Waals surface area contributed by atoms with Crippen molar-refractivity contribution in [1.82, 2.24) is 9.78 Å². The molecule has 5 nitrogen and oxygen atoms in total. The van der Waals surface area contributed by atoms with Crippen molar-refractivity contribution < 1.29 is 9.53 Å². The highest BCUT2D eigenvalue weighted by Crippen LogP contribution is 1.98. The van der Waals surface area contributed by atoms with E-state index >= 15 is 0 Å². The summed E-state index contributed by atoms with van der Waals surface area (Å²) in [5.74, 6) is -0.0504. The highest BCUT2D eigenvalue weighted by molar-refractivity contribution is 5.85. The molecule has 1 heterocycles. The third kappa shape index (κ3) is 2.93. The predicted molar refractivity (Wildman–Crippen MR) is 51.8 cm³/mol. The van der Waals surface area contributed by atoms with E-state index in [1.54, 1.807) is 16.9 Å². The first-order valence-electron chi connectivity index (χ1n) is 4.39. The molecule has 0 bridgehead atoms. The second-order valence-corrected chi connectivity index (χ2v) is 3.19. The van der Waals surface area contributed by atoms with Crippen LogP contribution in [0, 0.1) is 0 Å². The Morgan fingerprint density at radius 3 is 3.00 bits per heavy atom. The molecule has 0 saturated heterocycles. The number of methoxy groups -OCH3 is 1. The topological polar surface area (TPSA) is 70.1 Å². The van der Waals surface area contributed by atoms with Gasteiger partial charge in [0.05, 0.1) is 24.8 Å². The van der Waals surface area contributed by atoms with Crippen LogP contribution in [0.2, 0.25) is 0 Å². The lowest BCUT2D eigenvalue weighted by Gasteiger charge is -2.07. The molecule has 0 saturated carbocycles. The maximum Gasteiger partial charge on any atom is 0.157 e. The molecule has 0 aliphatic heterocycles. The summed E-state index contributed by atoms with van der Waals surface area (Å²) in [5, 5.41) is 4.09. The molecule has 14 heavy (non-hydrogen) atoms. The van der Waals surface area contributed by atoms with Crippen molar-refractivity contribution >= 4 is 5.78 Å². The quantitative estimate of drug-likeness (QED) is 0.691. The Kier molecular flexibility index (Phi) is 3.79. The number of rotatable bonds is 5. The molecule has 1 rings (SSSR count). The fraction of sp³-hybridized carbons (Fsp3) is 0.556. The minimum absolute atomic E-state index is 0.0504. The normalized spacial score (nSPS) is 12.8. The molecule has 78 valence electrons. The first-order valence-corrected chi connectivity index (χ1v) is 4.39. The predicted octanol–water partition coefficient (Wildman–Crippen LogP) is -0.495. The van der Waals surface area contributed by atoms with Gasteiger partial charge in [-0.2, -0.15) is 5.10 Å². The largest absolute Gasteiger partial charge is 0.383 e. The molecule has 1 unspecified atom stereocenters. The van der Waals surface area contributed by atoms with E-state index in [9.17, 15) is 4.79 Å². The summed E-state index contributed by atoms with van der Waals surface area (Å²) in [6, 6.07) is 1.25. The molecule has 5 heteroatoms. The third-order valence-electron chi connectivity index (χ3n) is 1.88. The smallest absolute Gasteiger partial charge is 0.157 e. The van der Waals surface area contributed by atoms with Gasteiger partial charge in [-0.15, -0.1) is 0 Å². The Morgan fingerprint density at radius 1 is 1.79 bits per heavy atom. The number of carbonyl (C=O) groups excluding carboxylic acids is 1. The van der Waals surface area contributed by atoms with Crippen molar-refractivity contribution in [3.8, 4) is 0 Å². The molecule has 0 amide bonds. The zero-order valence-corrected chi connectivity index (χ0v) is 8.43. The van der Waals surface area contributed by atoms with Crippen LogP contribution in [0.4, 0.5) is 0 Å². The second kappa shape index (κ2) is 4.88. The Morgan fingerprint density at radius 2 is 2.50 bits per heavy atom. The van der Waals surface area contributed by atoms with E-state index < -0.39 is 6.04 Å². The van der Waals surface area contributed by atoms with Crippen LogP contribution >= 0.6 is 0 Å². The van der Waals surface area contributed by atoms with Gasteiger partial charge in [0.1, 0.15) is 0 Å². The number of ether oxygens (including phenoxy) is 1. The summed E-state index contributed by atoms with van der Waals surface area (Å²) in [6.07, 6.45) is 2.07. The maximum absolute atomic E-state index is 11.5. The van der Waals surface area contributed by atoms with E-state index in [1.165, 1.54) is 7.11 Å². The van der Waals surface area contributed by atoms with Gasteiger partial charge >= 0.3 is 0 Å². The fourth-order valence-corrected chi connectivity index (χ4v) is 1.14. The second-order valence-electron chi connectivity index (χ2n) is 3.19. The van der Waals surface area contributed by atoms with Gasteiger partial charge in [0.25, 0.3) is 0 Å². The van der Waals surface area contributed by atoms with E-state index in [2.05, 4.69) is 5.10 Å². The first kappa shape index (κ1) is 10.9. The van der Waals surface area contributed by atoms with Crippen LogP contribution in [0.25, 0.3) is 0 Å². The minimum Gasteiger partial charge on any atom is -0.383 e. The summed E-state index contributed by atoms with van der Waals surface area (Å²) < 4.78 is 6.45. The van der Waals surface area contributed by atoms with Gasteiger partial charge in [-0.05, 0) is 6.07 Å². The third-order valence-corrected chi connectivity index (χ3v) is 1.88. The lowest BCUT2D eigenvalue weighted by atomic mass is 10.1. The van der Waals surface area contributed by atoms with Crippen molar-refractivity contribution in [3.63, 3.8) is 0 Å². The molecular weight excluding hydrogens is 182 g/mol. The molecule has 0 aliphatic carbocycles. The van der Waals surface area contributed by atoms with Gasteiger partial charge in [0.15, 0.2) is 5.78 Å². The number of Topliss-reactive ketones (excluding diaryl/α,β-unsaturated/α-hetero) is 1. The average Bonchev–Trinajstić information content (AvgIpc) is 2.51. The SMILES string of the molecule is COCC(N)C(=O)Cc1ccn(C)n1. The number of aryl methyl sites for hydroxylation is 1. The zero-order chi connectivity index (χ0) is 10.6.